The Hall–Kier alpha value is -6.18. The number of nitriles is 1. The van der Waals surface area contributed by atoms with Crippen molar-refractivity contribution in [3.8, 4) is 73.4 Å². The molecule has 0 atom stereocenters. The van der Waals surface area contributed by atoms with Crippen LogP contribution >= 0.6 is 0 Å². The fourth-order valence-electron chi connectivity index (χ4n) is 8.21. The van der Waals surface area contributed by atoms with Crippen LogP contribution in [0.3, 0.4) is 0 Å². The van der Waals surface area contributed by atoms with Crippen LogP contribution < -0.4 is 0 Å². The van der Waals surface area contributed by atoms with E-state index in [1.807, 2.05) is 42.6 Å². The number of fused-ring (bicyclic) bond motifs is 5. The van der Waals surface area contributed by atoms with Gasteiger partial charge in [-0.05, 0) is 81.6 Å². The zero-order chi connectivity index (χ0) is 33.5. The third kappa shape index (κ3) is 5.11. The first kappa shape index (κ1) is 29.9. The minimum Gasteiger partial charge on any atom is -0.264 e. The summed E-state index contributed by atoms with van der Waals surface area (Å²) in [6.07, 6.45) is 9.52. The number of hydrogen-bond donors (Lipinski definition) is 0. The molecule has 4 nitrogen and oxygen atoms in total. The highest BCUT2D eigenvalue weighted by Crippen LogP contribution is 2.57. The van der Waals surface area contributed by atoms with E-state index in [1.54, 1.807) is 6.20 Å². The third-order valence-electron chi connectivity index (χ3n) is 10.6. The highest BCUT2D eigenvalue weighted by Gasteiger charge is 2.45. The van der Waals surface area contributed by atoms with Crippen molar-refractivity contribution in [2.45, 2.75) is 37.5 Å². The number of pyridine rings is 1. The summed E-state index contributed by atoms with van der Waals surface area (Å²) in [5.41, 5.74) is 15.3. The van der Waals surface area contributed by atoms with Crippen molar-refractivity contribution >= 4 is 0 Å². The third-order valence-corrected chi connectivity index (χ3v) is 10.6. The molecule has 9 rings (SSSR count). The average molecular weight is 643 g/mol. The summed E-state index contributed by atoms with van der Waals surface area (Å²) in [7, 11) is 0. The minimum absolute atomic E-state index is 0.0768. The molecule has 2 heterocycles. The second kappa shape index (κ2) is 12.4. The maximum absolute atomic E-state index is 10.1. The summed E-state index contributed by atoms with van der Waals surface area (Å²) in [4.78, 5) is 14.4. The van der Waals surface area contributed by atoms with E-state index in [2.05, 4.69) is 108 Å². The van der Waals surface area contributed by atoms with Gasteiger partial charge in [0.25, 0.3) is 0 Å². The average Bonchev–Trinajstić information content (AvgIpc) is 3.47. The summed E-state index contributed by atoms with van der Waals surface area (Å²) in [6, 6.07) is 49.3. The molecule has 7 aromatic rings. The number of hydrogen-bond acceptors (Lipinski definition) is 4. The van der Waals surface area contributed by atoms with E-state index in [0.29, 0.717) is 5.82 Å². The molecule has 0 radical (unpaired) electrons. The Kier molecular flexibility index (Phi) is 7.40. The number of aromatic nitrogens is 3. The molecule has 5 aromatic carbocycles. The highest BCUT2D eigenvalue weighted by molar-refractivity contribution is 5.86. The van der Waals surface area contributed by atoms with Gasteiger partial charge in [0.15, 0.2) is 5.82 Å². The molecule has 1 saturated carbocycles. The largest absolute Gasteiger partial charge is 0.264 e. The number of benzene rings is 5. The Morgan fingerprint density at radius 1 is 0.520 bits per heavy atom. The van der Waals surface area contributed by atoms with Crippen molar-refractivity contribution in [3.05, 3.63) is 163 Å². The van der Waals surface area contributed by atoms with E-state index in [4.69, 9.17) is 9.97 Å². The second-order valence-electron chi connectivity index (χ2n) is 13.5. The van der Waals surface area contributed by atoms with Crippen molar-refractivity contribution in [1.29, 1.82) is 5.26 Å². The molecule has 0 unspecified atom stereocenters. The van der Waals surface area contributed by atoms with Crippen LogP contribution in [0.1, 0.15) is 48.8 Å². The zero-order valence-electron chi connectivity index (χ0n) is 27.7. The fourth-order valence-corrected chi connectivity index (χ4v) is 8.21. The Labute approximate surface area is 292 Å². The molecule has 2 aliphatic carbocycles. The lowest BCUT2D eigenvalue weighted by Crippen LogP contribution is -2.29. The van der Waals surface area contributed by atoms with E-state index < -0.39 is 0 Å². The van der Waals surface area contributed by atoms with Gasteiger partial charge in [-0.1, -0.05) is 128 Å². The quantitative estimate of drug-likeness (QED) is 0.187. The first-order valence-corrected chi connectivity index (χ1v) is 17.4. The van der Waals surface area contributed by atoms with Gasteiger partial charge in [-0.25, -0.2) is 9.97 Å². The van der Waals surface area contributed by atoms with E-state index >= 15 is 0 Å². The molecule has 1 fully saturated rings. The van der Waals surface area contributed by atoms with Crippen LogP contribution in [0.5, 0.6) is 0 Å². The summed E-state index contributed by atoms with van der Waals surface area (Å²) in [5.74, 6) is 0.700. The first-order valence-electron chi connectivity index (χ1n) is 17.4. The van der Waals surface area contributed by atoms with Crippen LogP contribution in [0.4, 0.5) is 0 Å². The molecular weight excluding hydrogens is 609 g/mol. The Balaban J connectivity index is 1.09. The maximum Gasteiger partial charge on any atom is 0.160 e. The zero-order valence-corrected chi connectivity index (χ0v) is 27.7. The molecule has 0 saturated heterocycles. The smallest absolute Gasteiger partial charge is 0.160 e. The first-order chi connectivity index (χ1) is 24.7. The molecule has 50 heavy (non-hydrogen) atoms. The highest BCUT2D eigenvalue weighted by atomic mass is 14.9. The molecule has 0 N–H and O–H groups in total. The van der Waals surface area contributed by atoms with Gasteiger partial charge >= 0.3 is 0 Å². The van der Waals surface area contributed by atoms with Gasteiger partial charge in [0.2, 0.25) is 0 Å². The van der Waals surface area contributed by atoms with Crippen molar-refractivity contribution < 1.29 is 0 Å². The Morgan fingerprint density at radius 3 is 1.82 bits per heavy atom. The van der Waals surface area contributed by atoms with Gasteiger partial charge in [0.1, 0.15) is 0 Å². The van der Waals surface area contributed by atoms with E-state index in [-0.39, 0.29) is 5.41 Å². The minimum atomic E-state index is -0.0768. The van der Waals surface area contributed by atoms with Crippen LogP contribution in [0, 0.1) is 11.3 Å². The summed E-state index contributed by atoms with van der Waals surface area (Å²) in [5, 5.41) is 10.1. The molecular formula is C46H34N4. The molecule has 0 amide bonds. The van der Waals surface area contributed by atoms with Crippen LogP contribution in [-0.2, 0) is 5.41 Å². The maximum atomic E-state index is 10.1. The van der Waals surface area contributed by atoms with Gasteiger partial charge in [-0.3, -0.25) is 4.98 Å². The molecule has 0 aliphatic heterocycles. The predicted octanol–water partition coefficient (Wildman–Crippen LogP) is 11.3. The summed E-state index contributed by atoms with van der Waals surface area (Å²) in [6.45, 7) is 0. The lowest BCUT2D eigenvalue weighted by molar-refractivity contribution is 0.352. The van der Waals surface area contributed by atoms with E-state index in [1.165, 1.54) is 52.6 Å². The Morgan fingerprint density at radius 2 is 1.16 bits per heavy atom. The Bertz CT molecular complexity index is 2380. The lowest BCUT2D eigenvalue weighted by atomic mass is 9.66. The van der Waals surface area contributed by atoms with Gasteiger partial charge in [0, 0.05) is 34.5 Å². The fraction of sp³-hybridized carbons (Fsp3) is 0.130. The van der Waals surface area contributed by atoms with Crippen LogP contribution in [0.2, 0.25) is 0 Å². The van der Waals surface area contributed by atoms with Crippen molar-refractivity contribution in [1.82, 2.24) is 15.0 Å². The normalized spacial score (nSPS) is 14.1. The van der Waals surface area contributed by atoms with Crippen LogP contribution in [0.25, 0.3) is 67.3 Å². The molecule has 0 bridgehead atoms. The SMILES string of the molecule is N#Cc1cccc2c1C1(CCCCC1)c1cc(-c3ccc(-c4cc(-c5ccc(-c6cccnc6)cc5)nc(-c5ccccc5)n4)cc3)ccc1-2. The topological polar surface area (TPSA) is 62.5 Å². The van der Waals surface area contributed by atoms with Gasteiger partial charge < -0.3 is 0 Å². The number of rotatable bonds is 5. The van der Waals surface area contributed by atoms with Crippen molar-refractivity contribution in [3.63, 3.8) is 0 Å². The van der Waals surface area contributed by atoms with Crippen molar-refractivity contribution in [2.75, 3.05) is 0 Å². The standard InChI is InChI=1S/C46H34N4/c47-29-37-11-7-13-40-39-23-22-36(27-41(39)46(44(37)40)24-5-2-6-25-46)31-14-18-33(19-15-31)42-28-43(50-45(49-42)35-9-3-1-4-10-35)34-20-16-32(17-21-34)38-12-8-26-48-30-38/h1,3-4,7-23,26-28,30H,2,5-6,24-25H2. The number of nitrogens with zero attached hydrogens (tertiary/aromatic N) is 4. The summed E-state index contributed by atoms with van der Waals surface area (Å²) >= 11 is 0. The second-order valence-corrected chi connectivity index (χ2v) is 13.5. The van der Waals surface area contributed by atoms with E-state index in [9.17, 15) is 5.26 Å². The molecule has 1 spiro atoms. The van der Waals surface area contributed by atoms with Crippen LogP contribution in [0.15, 0.2) is 146 Å². The van der Waals surface area contributed by atoms with Gasteiger partial charge in [-0.2, -0.15) is 5.26 Å². The van der Waals surface area contributed by atoms with E-state index in [0.717, 1.165) is 57.6 Å². The summed E-state index contributed by atoms with van der Waals surface area (Å²) < 4.78 is 0. The molecule has 2 aromatic heterocycles. The predicted molar refractivity (Wildman–Crippen MR) is 201 cm³/mol. The lowest BCUT2D eigenvalue weighted by Gasteiger charge is -2.36. The molecule has 238 valence electrons. The van der Waals surface area contributed by atoms with Gasteiger partial charge in [0.05, 0.1) is 23.0 Å². The molecule has 4 heteroatoms. The van der Waals surface area contributed by atoms with Gasteiger partial charge in [-0.15, -0.1) is 0 Å². The van der Waals surface area contributed by atoms with Crippen molar-refractivity contribution in [2.24, 2.45) is 0 Å². The molecule has 2 aliphatic rings. The monoisotopic (exact) mass is 642 g/mol. The van der Waals surface area contributed by atoms with Crippen LogP contribution in [-0.4, -0.2) is 15.0 Å².